The van der Waals surface area contributed by atoms with Gasteiger partial charge in [0.25, 0.3) is 5.69 Å². The van der Waals surface area contributed by atoms with Crippen molar-refractivity contribution in [1.29, 1.82) is 0 Å². The van der Waals surface area contributed by atoms with E-state index in [2.05, 4.69) is 19.2 Å². The van der Waals surface area contributed by atoms with Gasteiger partial charge in [0.05, 0.1) is 4.92 Å². The van der Waals surface area contributed by atoms with Crippen molar-refractivity contribution in [2.45, 2.75) is 45.6 Å². The second-order valence-electron chi connectivity index (χ2n) is 5.80. The van der Waals surface area contributed by atoms with Crippen molar-refractivity contribution in [2.75, 3.05) is 6.54 Å². The lowest BCUT2D eigenvalue weighted by molar-refractivity contribution is -0.385. The minimum Gasteiger partial charge on any atom is -0.313 e. The third-order valence-corrected chi connectivity index (χ3v) is 4.74. The summed E-state index contributed by atoms with van der Waals surface area (Å²) in [4.78, 5) is 10.7. The van der Waals surface area contributed by atoms with Gasteiger partial charge in [-0.25, -0.2) is 0 Å². The monoisotopic (exact) mass is 276 g/mol. The molecule has 4 heteroatoms. The quantitative estimate of drug-likeness (QED) is 0.638. The second-order valence-corrected chi connectivity index (χ2v) is 5.80. The Morgan fingerprint density at radius 2 is 2.10 bits per heavy atom. The second kappa shape index (κ2) is 6.84. The third-order valence-electron chi connectivity index (χ3n) is 4.74. The van der Waals surface area contributed by atoms with Crippen LogP contribution in [0.15, 0.2) is 24.3 Å². The molecule has 20 heavy (non-hydrogen) atoms. The first-order valence-electron chi connectivity index (χ1n) is 7.59. The van der Waals surface area contributed by atoms with Crippen molar-refractivity contribution in [3.05, 3.63) is 39.9 Å². The molecule has 0 spiro atoms. The van der Waals surface area contributed by atoms with E-state index in [0.717, 1.165) is 24.4 Å². The average molecular weight is 276 g/mol. The van der Waals surface area contributed by atoms with Crippen LogP contribution in [-0.2, 0) is 6.42 Å². The predicted octanol–water partition coefficient (Wildman–Crippen LogP) is 3.55. The Kier molecular flexibility index (Phi) is 5.12. The molecule has 0 amide bonds. The van der Waals surface area contributed by atoms with Crippen molar-refractivity contribution in [1.82, 2.24) is 5.32 Å². The number of nitro groups is 1. The lowest BCUT2D eigenvalue weighted by Crippen LogP contribution is -2.34. The first kappa shape index (κ1) is 15.0. The number of nitro benzene ring substituents is 1. The van der Waals surface area contributed by atoms with Crippen molar-refractivity contribution in [3.63, 3.8) is 0 Å². The number of rotatable bonds is 6. The van der Waals surface area contributed by atoms with E-state index in [0.29, 0.717) is 12.0 Å². The van der Waals surface area contributed by atoms with Crippen LogP contribution in [0.5, 0.6) is 0 Å². The van der Waals surface area contributed by atoms with Gasteiger partial charge >= 0.3 is 0 Å². The Labute approximate surface area is 120 Å². The largest absolute Gasteiger partial charge is 0.313 e. The summed E-state index contributed by atoms with van der Waals surface area (Å²) in [5, 5.41) is 14.5. The topological polar surface area (TPSA) is 55.2 Å². The van der Waals surface area contributed by atoms with Gasteiger partial charge in [0, 0.05) is 17.7 Å². The van der Waals surface area contributed by atoms with E-state index in [1.54, 1.807) is 12.1 Å². The van der Waals surface area contributed by atoms with Crippen LogP contribution in [0.1, 0.15) is 38.7 Å². The Morgan fingerprint density at radius 1 is 1.35 bits per heavy atom. The number of nitrogens with zero attached hydrogens (tertiary/aromatic N) is 1. The summed E-state index contributed by atoms with van der Waals surface area (Å²) in [6.07, 6.45) is 4.51. The Balaban J connectivity index is 1.86. The molecule has 2 rings (SSSR count). The van der Waals surface area contributed by atoms with Gasteiger partial charge in [-0.05, 0) is 37.6 Å². The standard InChI is InChI=1S/C16H24N2O2/c1-3-13-8-9-15(12(13)2)17-11-10-14-6-4-5-7-16(14)18(19)20/h4-7,12-13,15,17H,3,8-11H2,1-2H3. The van der Waals surface area contributed by atoms with Crippen LogP contribution < -0.4 is 5.32 Å². The molecule has 0 bridgehead atoms. The smallest absolute Gasteiger partial charge is 0.272 e. The van der Waals surface area contributed by atoms with Crippen LogP contribution >= 0.6 is 0 Å². The molecule has 1 aliphatic rings. The van der Waals surface area contributed by atoms with Crippen molar-refractivity contribution in [3.8, 4) is 0 Å². The van der Waals surface area contributed by atoms with E-state index >= 15 is 0 Å². The molecule has 0 aliphatic heterocycles. The summed E-state index contributed by atoms with van der Waals surface area (Å²) in [5.74, 6) is 1.55. The summed E-state index contributed by atoms with van der Waals surface area (Å²) in [5.41, 5.74) is 1.06. The minimum atomic E-state index is -0.291. The Bertz CT molecular complexity index is 462. The van der Waals surface area contributed by atoms with Gasteiger partial charge in [-0.2, -0.15) is 0 Å². The summed E-state index contributed by atoms with van der Waals surface area (Å²) >= 11 is 0. The molecule has 1 aromatic rings. The fourth-order valence-electron chi connectivity index (χ4n) is 3.40. The molecule has 0 radical (unpaired) electrons. The van der Waals surface area contributed by atoms with E-state index in [9.17, 15) is 10.1 Å². The molecule has 3 atom stereocenters. The van der Waals surface area contributed by atoms with Crippen LogP contribution in [0.4, 0.5) is 5.69 Å². The van der Waals surface area contributed by atoms with Gasteiger partial charge in [-0.15, -0.1) is 0 Å². The fourth-order valence-corrected chi connectivity index (χ4v) is 3.40. The molecule has 1 N–H and O–H groups in total. The summed E-state index contributed by atoms with van der Waals surface area (Å²) in [7, 11) is 0. The Morgan fingerprint density at radius 3 is 2.75 bits per heavy atom. The van der Waals surface area contributed by atoms with Crippen LogP contribution in [0.2, 0.25) is 0 Å². The van der Waals surface area contributed by atoms with E-state index in [4.69, 9.17) is 0 Å². The maximum absolute atomic E-state index is 11.0. The van der Waals surface area contributed by atoms with Gasteiger partial charge in [-0.3, -0.25) is 10.1 Å². The molecule has 110 valence electrons. The summed E-state index contributed by atoms with van der Waals surface area (Å²) in [6, 6.07) is 7.60. The lowest BCUT2D eigenvalue weighted by Gasteiger charge is -2.21. The number of hydrogen-bond acceptors (Lipinski definition) is 3. The molecule has 1 saturated carbocycles. The highest BCUT2D eigenvalue weighted by atomic mass is 16.6. The zero-order valence-corrected chi connectivity index (χ0v) is 12.3. The number of hydrogen-bond donors (Lipinski definition) is 1. The van der Waals surface area contributed by atoms with Gasteiger partial charge in [0.2, 0.25) is 0 Å². The first-order chi connectivity index (χ1) is 9.63. The molecular formula is C16H24N2O2. The predicted molar refractivity (Wildman–Crippen MR) is 80.8 cm³/mol. The molecule has 1 aliphatic carbocycles. The fraction of sp³-hybridized carbons (Fsp3) is 0.625. The minimum absolute atomic E-state index is 0.236. The van der Waals surface area contributed by atoms with Crippen molar-refractivity contribution in [2.24, 2.45) is 11.8 Å². The molecule has 4 nitrogen and oxygen atoms in total. The molecular weight excluding hydrogens is 252 g/mol. The van der Waals surface area contributed by atoms with E-state index in [1.165, 1.54) is 19.3 Å². The maximum Gasteiger partial charge on any atom is 0.272 e. The van der Waals surface area contributed by atoms with E-state index in [1.807, 2.05) is 12.1 Å². The summed E-state index contributed by atoms with van der Waals surface area (Å²) in [6.45, 7) is 5.40. The molecule has 0 heterocycles. The maximum atomic E-state index is 11.0. The van der Waals surface area contributed by atoms with Gasteiger partial charge in [0.15, 0.2) is 0 Å². The highest BCUT2D eigenvalue weighted by Gasteiger charge is 2.30. The van der Waals surface area contributed by atoms with Crippen molar-refractivity contribution >= 4 is 5.69 Å². The molecule has 1 fully saturated rings. The van der Waals surface area contributed by atoms with E-state index < -0.39 is 0 Å². The number of nitrogens with one attached hydrogen (secondary N) is 1. The van der Waals surface area contributed by atoms with Crippen LogP contribution in [-0.4, -0.2) is 17.5 Å². The normalized spacial score (nSPS) is 25.8. The molecule has 0 aromatic heterocycles. The lowest BCUT2D eigenvalue weighted by atomic mass is 9.93. The van der Waals surface area contributed by atoms with Crippen LogP contribution in [0.3, 0.4) is 0 Å². The van der Waals surface area contributed by atoms with Gasteiger partial charge in [0.1, 0.15) is 0 Å². The SMILES string of the molecule is CCC1CCC(NCCc2ccccc2[N+](=O)[O-])C1C. The van der Waals surface area contributed by atoms with Gasteiger partial charge < -0.3 is 5.32 Å². The average Bonchev–Trinajstić information content (AvgIpc) is 2.80. The highest BCUT2D eigenvalue weighted by Crippen LogP contribution is 2.33. The number of para-hydroxylation sites is 1. The summed E-state index contributed by atoms with van der Waals surface area (Å²) < 4.78 is 0. The first-order valence-corrected chi connectivity index (χ1v) is 7.59. The van der Waals surface area contributed by atoms with Crippen LogP contribution in [0, 0.1) is 22.0 Å². The zero-order chi connectivity index (χ0) is 14.5. The number of benzene rings is 1. The van der Waals surface area contributed by atoms with Crippen molar-refractivity contribution < 1.29 is 4.92 Å². The molecule has 1 aromatic carbocycles. The van der Waals surface area contributed by atoms with E-state index in [-0.39, 0.29) is 10.6 Å². The van der Waals surface area contributed by atoms with Crippen LogP contribution in [0.25, 0.3) is 0 Å². The molecule has 0 saturated heterocycles. The highest BCUT2D eigenvalue weighted by molar-refractivity contribution is 5.39. The zero-order valence-electron chi connectivity index (χ0n) is 12.3. The third kappa shape index (κ3) is 3.37. The van der Waals surface area contributed by atoms with Gasteiger partial charge in [-0.1, -0.05) is 38.5 Å². The molecule has 3 unspecified atom stereocenters. The Hall–Kier alpha value is -1.42.